The predicted octanol–water partition coefficient (Wildman–Crippen LogP) is 4.35. The number of ether oxygens (including phenoxy) is 3. The van der Waals surface area contributed by atoms with Crippen LogP contribution in [0.5, 0.6) is 17.2 Å². The number of piperazine rings is 1. The van der Waals surface area contributed by atoms with Crippen LogP contribution in [-0.4, -0.2) is 68.9 Å². The van der Waals surface area contributed by atoms with E-state index in [1.165, 1.54) is 0 Å². The zero-order valence-electron chi connectivity index (χ0n) is 20.5. The predicted molar refractivity (Wildman–Crippen MR) is 129 cm³/mol. The topological polar surface area (TPSA) is 80.3 Å². The van der Waals surface area contributed by atoms with Crippen molar-refractivity contribution in [1.82, 2.24) is 4.90 Å². The van der Waals surface area contributed by atoms with Crippen molar-refractivity contribution in [2.45, 2.75) is 26.9 Å². The van der Waals surface area contributed by atoms with Gasteiger partial charge in [-0.05, 0) is 57.2 Å². The molecule has 1 saturated heterocycles. The molecule has 0 spiro atoms. The van der Waals surface area contributed by atoms with Gasteiger partial charge in [0.25, 0.3) is 5.91 Å². The maximum atomic E-state index is 13.0. The first kappa shape index (κ1) is 27.0. The van der Waals surface area contributed by atoms with Crippen molar-refractivity contribution in [3.63, 3.8) is 0 Å². The molecule has 36 heavy (non-hydrogen) atoms. The Kier molecular flexibility index (Phi) is 8.89. The van der Waals surface area contributed by atoms with Gasteiger partial charge in [0.15, 0.2) is 11.5 Å². The minimum Gasteiger partial charge on any atom is -0.490 e. The van der Waals surface area contributed by atoms with Crippen molar-refractivity contribution in [1.29, 1.82) is 0 Å². The monoisotopic (exact) mass is 509 g/mol. The molecule has 1 N–H and O–H groups in total. The number of halogens is 3. The summed E-state index contributed by atoms with van der Waals surface area (Å²) in [4.78, 5) is 27.1. The summed E-state index contributed by atoms with van der Waals surface area (Å²) in [5.41, 5.74) is 1.66. The smallest absolute Gasteiger partial charge is 0.471 e. The molecule has 0 bridgehead atoms. The summed E-state index contributed by atoms with van der Waals surface area (Å²) in [7, 11) is 0. The fraction of sp³-hybridized carbons (Fsp3) is 0.440. The van der Waals surface area contributed by atoms with Crippen LogP contribution in [0.15, 0.2) is 36.4 Å². The number of hydrogen-bond acceptors (Lipinski definition) is 6. The maximum Gasteiger partial charge on any atom is 0.471 e. The first-order chi connectivity index (χ1) is 17.2. The molecular weight excluding hydrogens is 479 g/mol. The number of benzene rings is 2. The second kappa shape index (κ2) is 11.9. The Hall–Kier alpha value is -3.63. The van der Waals surface area contributed by atoms with Gasteiger partial charge in [0.05, 0.1) is 19.8 Å². The fourth-order valence-electron chi connectivity index (χ4n) is 3.83. The van der Waals surface area contributed by atoms with Crippen molar-refractivity contribution >= 4 is 23.2 Å². The summed E-state index contributed by atoms with van der Waals surface area (Å²) in [6.07, 6.45) is -4.86. The number of nitrogens with one attached hydrogen (secondary N) is 1. The van der Waals surface area contributed by atoms with Gasteiger partial charge in [-0.25, -0.2) is 0 Å². The molecule has 1 aliphatic heterocycles. The molecule has 2 aromatic rings. The molecule has 2 amide bonds. The van der Waals surface area contributed by atoms with E-state index in [4.69, 9.17) is 14.2 Å². The number of amides is 2. The molecule has 0 radical (unpaired) electrons. The largest absolute Gasteiger partial charge is 0.490 e. The number of anilines is 2. The Morgan fingerprint density at radius 3 is 1.86 bits per heavy atom. The van der Waals surface area contributed by atoms with Crippen LogP contribution in [0.1, 0.15) is 31.1 Å². The summed E-state index contributed by atoms with van der Waals surface area (Å²) in [6.45, 7) is 7.21. The van der Waals surface area contributed by atoms with E-state index in [1.54, 1.807) is 36.4 Å². The summed E-state index contributed by atoms with van der Waals surface area (Å²) in [6, 6.07) is 10.2. The Morgan fingerprint density at radius 1 is 0.861 bits per heavy atom. The summed E-state index contributed by atoms with van der Waals surface area (Å²) in [5.74, 6) is -0.913. The zero-order valence-corrected chi connectivity index (χ0v) is 20.5. The maximum absolute atomic E-state index is 13.0. The zero-order chi connectivity index (χ0) is 26.3. The van der Waals surface area contributed by atoms with Gasteiger partial charge >= 0.3 is 12.1 Å². The molecule has 0 aromatic heterocycles. The molecule has 1 aliphatic rings. The molecule has 8 nitrogen and oxygen atoms in total. The second-order valence-electron chi connectivity index (χ2n) is 7.88. The molecule has 0 aliphatic carbocycles. The van der Waals surface area contributed by atoms with Crippen molar-refractivity contribution in [2.24, 2.45) is 0 Å². The van der Waals surface area contributed by atoms with Gasteiger partial charge in [-0.3, -0.25) is 9.59 Å². The number of alkyl halides is 3. The number of nitrogens with zero attached hydrogens (tertiary/aromatic N) is 2. The van der Waals surface area contributed by atoms with E-state index >= 15 is 0 Å². The molecule has 0 unspecified atom stereocenters. The van der Waals surface area contributed by atoms with Gasteiger partial charge in [0.2, 0.25) is 5.75 Å². The van der Waals surface area contributed by atoms with Crippen LogP contribution in [0, 0.1) is 0 Å². The number of carbonyl (C=O) groups excluding carboxylic acids is 2. The van der Waals surface area contributed by atoms with Crippen LogP contribution < -0.4 is 24.4 Å². The van der Waals surface area contributed by atoms with Gasteiger partial charge in [-0.15, -0.1) is 0 Å². The summed E-state index contributed by atoms with van der Waals surface area (Å²) >= 11 is 0. The molecule has 3 rings (SSSR count). The van der Waals surface area contributed by atoms with Crippen LogP contribution in [0.25, 0.3) is 0 Å². The van der Waals surface area contributed by atoms with Gasteiger partial charge in [0, 0.05) is 43.1 Å². The third-order valence-electron chi connectivity index (χ3n) is 5.47. The highest BCUT2D eigenvalue weighted by Crippen LogP contribution is 2.39. The lowest BCUT2D eigenvalue weighted by molar-refractivity contribution is -0.185. The van der Waals surface area contributed by atoms with Gasteiger partial charge in [-0.2, -0.15) is 13.2 Å². The van der Waals surface area contributed by atoms with Crippen LogP contribution in [0.4, 0.5) is 24.5 Å². The fourth-order valence-corrected chi connectivity index (χ4v) is 3.83. The SMILES string of the molecule is CCOc1cc(C(=O)Nc2ccc(N3CCN(C(=O)C(F)(F)F)CC3)cc2)cc(OCC)c1OCC. The lowest BCUT2D eigenvalue weighted by Gasteiger charge is -2.36. The Bertz CT molecular complexity index is 1020. The van der Waals surface area contributed by atoms with E-state index in [1.807, 2.05) is 25.7 Å². The van der Waals surface area contributed by atoms with Gasteiger partial charge < -0.3 is 29.3 Å². The van der Waals surface area contributed by atoms with Gasteiger partial charge in [0.1, 0.15) is 0 Å². The Balaban J connectivity index is 1.68. The van der Waals surface area contributed by atoms with Crippen LogP contribution in [-0.2, 0) is 4.79 Å². The van der Waals surface area contributed by atoms with E-state index in [9.17, 15) is 22.8 Å². The van der Waals surface area contributed by atoms with E-state index < -0.39 is 12.1 Å². The highest BCUT2D eigenvalue weighted by Gasteiger charge is 2.43. The third kappa shape index (κ3) is 6.52. The highest BCUT2D eigenvalue weighted by molar-refractivity contribution is 6.05. The van der Waals surface area contributed by atoms with E-state index in [0.29, 0.717) is 48.3 Å². The van der Waals surface area contributed by atoms with E-state index in [-0.39, 0.29) is 32.1 Å². The van der Waals surface area contributed by atoms with Crippen molar-refractivity contribution in [3.8, 4) is 17.2 Å². The Morgan fingerprint density at radius 2 is 1.39 bits per heavy atom. The average Bonchev–Trinajstić information content (AvgIpc) is 2.85. The number of carbonyl (C=O) groups is 2. The molecule has 1 heterocycles. The number of hydrogen-bond donors (Lipinski definition) is 1. The molecule has 11 heteroatoms. The number of rotatable bonds is 9. The second-order valence-corrected chi connectivity index (χ2v) is 7.88. The van der Waals surface area contributed by atoms with Crippen molar-refractivity contribution in [2.75, 3.05) is 56.2 Å². The minimum atomic E-state index is -4.86. The lowest BCUT2D eigenvalue weighted by Crippen LogP contribution is -2.52. The minimum absolute atomic E-state index is 0.0150. The normalized spacial score (nSPS) is 13.8. The van der Waals surface area contributed by atoms with Crippen LogP contribution in [0.3, 0.4) is 0 Å². The molecular formula is C25H30F3N3O5. The quantitative estimate of drug-likeness (QED) is 0.542. The Labute approximate surface area is 207 Å². The molecule has 0 atom stereocenters. The summed E-state index contributed by atoms with van der Waals surface area (Å²) < 4.78 is 54.9. The first-order valence-corrected chi connectivity index (χ1v) is 11.8. The van der Waals surface area contributed by atoms with Gasteiger partial charge in [-0.1, -0.05) is 0 Å². The summed E-state index contributed by atoms with van der Waals surface area (Å²) in [5, 5.41) is 2.83. The molecule has 0 saturated carbocycles. The van der Waals surface area contributed by atoms with E-state index in [0.717, 1.165) is 10.6 Å². The first-order valence-electron chi connectivity index (χ1n) is 11.8. The van der Waals surface area contributed by atoms with Crippen molar-refractivity contribution < 1.29 is 37.0 Å². The highest BCUT2D eigenvalue weighted by atomic mass is 19.4. The molecule has 196 valence electrons. The van der Waals surface area contributed by atoms with Crippen LogP contribution in [0.2, 0.25) is 0 Å². The lowest BCUT2D eigenvalue weighted by atomic mass is 10.1. The van der Waals surface area contributed by atoms with E-state index in [2.05, 4.69) is 5.32 Å². The average molecular weight is 510 g/mol. The molecule has 2 aromatic carbocycles. The molecule has 1 fully saturated rings. The van der Waals surface area contributed by atoms with Crippen molar-refractivity contribution in [3.05, 3.63) is 42.0 Å². The third-order valence-corrected chi connectivity index (χ3v) is 5.47. The standard InChI is InChI=1S/C25H30F3N3O5/c1-4-34-20-15-17(16-21(35-5-2)22(20)36-6-3)23(32)29-18-7-9-19(10-8-18)30-11-13-31(14-12-30)24(33)25(26,27)28/h7-10,15-16H,4-6,11-14H2,1-3H3,(H,29,32). The van der Waals surface area contributed by atoms with Crippen LogP contribution >= 0.6 is 0 Å².